The summed E-state index contributed by atoms with van der Waals surface area (Å²) in [4.78, 5) is 19.3. The first-order valence-corrected chi connectivity index (χ1v) is 9.96. The van der Waals surface area contributed by atoms with Crippen LogP contribution in [-0.2, 0) is 17.8 Å². The summed E-state index contributed by atoms with van der Waals surface area (Å²) in [6.45, 7) is 4.73. The summed E-state index contributed by atoms with van der Waals surface area (Å²) in [5.41, 5.74) is 3.30. The molecule has 0 saturated carbocycles. The minimum absolute atomic E-state index is 0.216. The molecule has 1 aliphatic heterocycles. The highest BCUT2D eigenvalue weighted by molar-refractivity contribution is 5.79. The summed E-state index contributed by atoms with van der Waals surface area (Å²) in [7, 11) is 1.65. The molecule has 1 saturated heterocycles. The molecule has 1 fully saturated rings. The molecule has 2 aromatic carbocycles. The van der Waals surface area contributed by atoms with Crippen molar-refractivity contribution in [1.82, 2.24) is 14.5 Å². The molecule has 0 aliphatic carbocycles. The van der Waals surface area contributed by atoms with Crippen molar-refractivity contribution in [3.05, 3.63) is 59.9 Å². The van der Waals surface area contributed by atoms with Gasteiger partial charge < -0.3 is 14.2 Å². The number of benzene rings is 2. The van der Waals surface area contributed by atoms with E-state index < -0.39 is 0 Å². The fourth-order valence-electron chi connectivity index (χ4n) is 4.08. The Morgan fingerprint density at radius 3 is 2.54 bits per heavy atom. The lowest BCUT2D eigenvalue weighted by Gasteiger charge is -2.32. The number of carbonyl (C=O) groups is 1. The van der Waals surface area contributed by atoms with Crippen molar-refractivity contribution in [2.24, 2.45) is 5.92 Å². The molecule has 0 bridgehead atoms. The number of ether oxygens (including phenoxy) is 1. The van der Waals surface area contributed by atoms with Crippen molar-refractivity contribution >= 4 is 16.9 Å². The normalized spacial score (nSPS) is 15.1. The first-order chi connectivity index (χ1) is 13.6. The zero-order valence-corrected chi connectivity index (χ0v) is 16.6. The highest BCUT2D eigenvalue weighted by Gasteiger charge is 2.24. The summed E-state index contributed by atoms with van der Waals surface area (Å²) in [5, 5.41) is 0. The molecular weight excluding hydrogens is 350 g/mol. The van der Waals surface area contributed by atoms with Crippen LogP contribution in [0.15, 0.2) is 48.5 Å². The Hall–Kier alpha value is -2.82. The molecule has 2 heterocycles. The second-order valence-electron chi connectivity index (χ2n) is 7.61. The summed E-state index contributed by atoms with van der Waals surface area (Å²) < 4.78 is 7.51. The number of hydrogen-bond acceptors (Lipinski definition) is 3. The number of fused-ring (bicyclic) bond motifs is 1. The average molecular weight is 377 g/mol. The Bertz CT molecular complexity index is 954. The molecule has 5 heteroatoms. The molecular formula is C23H27N3O2. The van der Waals surface area contributed by atoms with Crippen LogP contribution < -0.4 is 4.74 Å². The first-order valence-electron chi connectivity index (χ1n) is 9.96. The predicted octanol–water partition coefficient (Wildman–Crippen LogP) is 3.83. The van der Waals surface area contributed by atoms with Crippen LogP contribution in [0.25, 0.3) is 11.0 Å². The number of methoxy groups -OCH3 is 1. The van der Waals surface area contributed by atoms with Crippen LogP contribution in [0.4, 0.5) is 0 Å². The molecule has 1 aromatic heterocycles. The van der Waals surface area contributed by atoms with E-state index >= 15 is 0 Å². The van der Waals surface area contributed by atoms with Gasteiger partial charge in [0.2, 0.25) is 5.91 Å². The van der Waals surface area contributed by atoms with Crippen molar-refractivity contribution in [3.63, 3.8) is 0 Å². The highest BCUT2D eigenvalue weighted by Crippen LogP contribution is 2.24. The number of amides is 1. The van der Waals surface area contributed by atoms with E-state index in [4.69, 9.17) is 4.74 Å². The van der Waals surface area contributed by atoms with Gasteiger partial charge in [0.25, 0.3) is 0 Å². The zero-order valence-electron chi connectivity index (χ0n) is 16.6. The largest absolute Gasteiger partial charge is 0.497 e. The van der Waals surface area contributed by atoms with Gasteiger partial charge in [-0.25, -0.2) is 4.98 Å². The lowest BCUT2D eigenvalue weighted by Crippen LogP contribution is -2.40. The third-order valence-corrected chi connectivity index (χ3v) is 5.77. The van der Waals surface area contributed by atoms with Crippen LogP contribution in [0, 0.1) is 12.8 Å². The van der Waals surface area contributed by atoms with Gasteiger partial charge in [-0.1, -0.05) is 24.3 Å². The van der Waals surface area contributed by atoms with Gasteiger partial charge in [0, 0.05) is 19.6 Å². The standard InChI is InChI=1S/C23H27N3O2/c1-17-24-21-5-3-4-6-22(21)26(17)16-19-11-13-25(14-12-19)23(27)15-18-7-9-20(28-2)10-8-18/h3-10,19H,11-16H2,1-2H3. The quantitative estimate of drug-likeness (QED) is 0.679. The lowest BCUT2D eigenvalue weighted by atomic mass is 9.96. The highest BCUT2D eigenvalue weighted by atomic mass is 16.5. The van der Waals surface area contributed by atoms with E-state index in [2.05, 4.69) is 34.7 Å². The number of hydrogen-bond donors (Lipinski definition) is 0. The van der Waals surface area contributed by atoms with Crippen molar-refractivity contribution in [2.75, 3.05) is 20.2 Å². The Morgan fingerprint density at radius 1 is 1.11 bits per heavy atom. The number of nitrogens with zero attached hydrogens (tertiary/aromatic N) is 3. The van der Waals surface area contributed by atoms with E-state index in [0.29, 0.717) is 12.3 Å². The zero-order chi connectivity index (χ0) is 19.5. The average Bonchev–Trinajstić information content (AvgIpc) is 3.04. The second-order valence-corrected chi connectivity index (χ2v) is 7.61. The van der Waals surface area contributed by atoms with Crippen LogP contribution in [0.2, 0.25) is 0 Å². The van der Waals surface area contributed by atoms with E-state index in [1.165, 1.54) is 5.52 Å². The van der Waals surface area contributed by atoms with Gasteiger partial charge in [-0.15, -0.1) is 0 Å². The Balaban J connectivity index is 1.33. The summed E-state index contributed by atoms with van der Waals surface area (Å²) in [5.74, 6) is 2.69. The van der Waals surface area contributed by atoms with Gasteiger partial charge in [0.15, 0.2) is 0 Å². The molecule has 146 valence electrons. The summed E-state index contributed by atoms with van der Waals surface area (Å²) in [6.07, 6.45) is 2.54. The third-order valence-electron chi connectivity index (χ3n) is 5.77. The van der Waals surface area contributed by atoms with Gasteiger partial charge in [0.1, 0.15) is 11.6 Å². The van der Waals surface area contributed by atoms with E-state index in [1.54, 1.807) is 7.11 Å². The van der Waals surface area contributed by atoms with Gasteiger partial charge in [-0.2, -0.15) is 0 Å². The molecule has 1 aliphatic rings. The van der Waals surface area contributed by atoms with Crippen molar-refractivity contribution < 1.29 is 9.53 Å². The summed E-state index contributed by atoms with van der Waals surface area (Å²) in [6, 6.07) is 16.1. The smallest absolute Gasteiger partial charge is 0.226 e. The van der Waals surface area contributed by atoms with Gasteiger partial charge in [0.05, 0.1) is 24.6 Å². The van der Waals surface area contributed by atoms with E-state index in [1.807, 2.05) is 35.2 Å². The molecule has 0 spiro atoms. The van der Waals surface area contributed by atoms with Gasteiger partial charge >= 0.3 is 0 Å². The molecule has 0 atom stereocenters. The van der Waals surface area contributed by atoms with E-state index in [-0.39, 0.29) is 5.91 Å². The van der Waals surface area contributed by atoms with Crippen LogP contribution in [-0.4, -0.2) is 40.6 Å². The third kappa shape index (κ3) is 3.88. The molecule has 0 unspecified atom stereocenters. The molecule has 0 N–H and O–H groups in total. The Morgan fingerprint density at radius 2 is 1.82 bits per heavy atom. The van der Waals surface area contributed by atoms with Crippen LogP contribution in [0.3, 0.4) is 0 Å². The maximum absolute atomic E-state index is 12.7. The molecule has 5 nitrogen and oxygen atoms in total. The number of aryl methyl sites for hydroxylation is 1. The number of piperidine rings is 1. The van der Waals surface area contributed by atoms with Gasteiger partial charge in [-0.3, -0.25) is 4.79 Å². The van der Waals surface area contributed by atoms with Crippen LogP contribution >= 0.6 is 0 Å². The van der Waals surface area contributed by atoms with Crippen LogP contribution in [0.1, 0.15) is 24.2 Å². The number of likely N-dealkylation sites (tertiary alicyclic amines) is 1. The lowest BCUT2D eigenvalue weighted by molar-refractivity contribution is -0.131. The number of rotatable bonds is 5. The minimum atomic E-state index is 0.216. The van der Waals surface area contributed by atoms with Gasteiger partial charge in [-0.05, 0) is 55.5 Å². The number of aromatic nitrogens is 2. The van der Waals surface area contributed by atoms with E-state index in [9.17, 15) is 4.79 Å². The predicted molar refractivity (Wildman–Crippen MR) is 110 cm³/mol. The first kappa shape index (κ1) is 18.5. The van der Waals surface area contributed by atoms with Crippen LogP contribution in [0.5, 0.6) is 5.75 Å². The molecule has 3 aromatic rings. The number of imidazole rings is 1. The Labute approximate surface area is 165 Å². The molecule has 1 amide bonds. The SMILES string of the molecule is COc1ccc(CC(=O)N2CCC(Cn3c(C)nc4ccccc43)CC2)cc1. The summed E-state index contributed by atoms with van der Waals surface area (Å²) >= 11 is 0. The monoisotopic (exact) mass is 377 g/mol. The number of para-hydroxylation sites is 2. The van der Waals surface area contributed by atoms with Crippen molar-refractivity contribution in [1.29, 1.82) is 0 Å². The maximum Gasteiger partial charge on any atom is 0.226 e. The molecule has 28 heavy (non-hydrogen) atoms. The second kappa shape index (κ2) is 8.05. The van der Waals surface area contributed by atoms with Crippen molar-refractivity contribution in [3.8, 4) is 5.75 Å². The maximum atomic E-state index is 12.7. The minimum Gasteiger partial charge on any atom is -0.497 e. The fourth-order valence-corrected chi connectivity index (χ4v) is 4.08. The fraction of sp³-hybridized carbons (Fsp3) is 0.391. The van der Waals surface area contributed by atoms with Crippen molar-refractivity contribution in [2.45, 2.75) is 32.7 Å². The Kier molecular flexibility index (Phi) is 5.33. The molecule has 4 rings (SSSR count). The number of carbonyl (C=O) groups excluding carboxylic acids is 1. The topological polar surface area (TPSA) is 47.4 Å². The molecule has 0 radical (unpaired) electrons. The van der Waals surface area contributed by atoms with E-state index in [0.717, 1.165) is 55.1 Å².